The van der Waals surface area contributed by atoms with Crippen molar-refractivity contribution in [3.05, 3.63) is 102 Å². The molecule has 1 aliphatic rings. The van der Waals surface area contributed by atoms with Gasteiger partial charge >= 0.3 is 0 Å². The quantitative estimate of drug-likeness (QED) is 0.485. The van der Waals surface area contributed by atoms with Crippen LogP contribution in [0, 0.1) is 5.92 Å². The van der Waals surface area contributed by atoms with Gasteiger partial charge in [-0.1, -0.05) is 24.3 Å². The molecule has 158 valence electrons. The molecule has 0 spiro atoms. The molecule has 1 saturated carbocycles. The van der Waals surface area contributed by atoms with Crippen molar-refractivity contribution in [3.63, 3.8) is 0 Å². The maximum atomic E-state index is 12.7. The number of amides is 2. The minimum absolute atomic E-state index is 0.0283. The fourth-order valence-electron chi connectivity index (χ4n) is 3.91. The smallest absolute Gasteiger partial charge is 0.251 e. The minimum atomic E-state index is -0.140. The molecule has 2 atom stereocenters. The number of hydrogen-bond acceptors (Lipinski definition) is 4. The molecular formula is C26H22N4O2. The predicted octanol–water partition coefficient (Wildman–Crippen LogP) is 4.30. The molecule has 2 amide bonds. The first-order chi connectivity index (χ1) is 15.7. The summed E-state index contributed by atoms with van der Waals surface area (Å²) in [5.41, 5.74) is 3.28. The lowest BCUT2D eigenvalue weighted by atomic mass is 10.1. The zero-order valence-corrected chi connectivity index (χ0v) is 17.4. The molecule has 6 nitrogen and oxygen atoms in total. The number of aromatic nitrogens is 2. The lowest BCUT2D eigenvalue weighted by Gasteiger charge is -2.07. The Hall–Kier alpha value is -4.06. The number of hydrogen-bond donors (Lipinski definition) is 2. The molecule has 1 fully saturated rings. The molecule has 1 aliphatic carbocycles. The Bertz CT molecular complexity index is 1270. The van der Waals surface area contributed by atoms with Gasteiger partial charge in [0.25, 0.3) is 5.91 Å². The van der Waals surface area contributed by atoms with Crippen molar-refractivity contribution in [1.29, 1.82) is 0 Å². The molecule has 6 heteroatoms. The summed E-state index contributed by atoms with van der Waals surface area (Å²) in [5.74, 6) is 0.0247. The molecule has 2 N–H and O–H groups in total. The first kappa shape index (κ1) is 19.9. The number of anilines is 1. The van der Waals surface area contributed by atoms with E-state index in [1.807, 2.05) is 66.7 Å². The molecule has 4 aromatic rings. The van der Waals surface area contributed by atoms with E-state index in [2.05, 4.69) is 20.6 Å². The Labute approximate surface area is 185 Å². The van der Waals surface area contributed by atoms with Gasteiger partial charge in [-0.3, -0.25) is 19.6 Å². The number of rotatable bonds is 6. The molecule has 0 bridgehead atoms. The average Bonchev–Trinajstić information content (AvgIpc) is 3.64. The third-order valence-electron chi connectivity index (χ3n) is 5.79. The summed E-state index contributed by atoms with van der Waals surface area (Å²) in [7, 11) is 0. The maximum Gasteiger partial charge on any atom is 0.251 e. The van der Waals surface area contributed by atoms with Crippen molar-refractivity contribution in [1.82, 2.24) is 15.3 Å². The Morgan fingerprint density at radius 3 is 2.62 bits per heavy atom. The molecule has 32 heavy (non-hydrogen) atoms. The van der Waals surface area contributed by atoms with Gasteiger partial charge in [-0.2, -0.15) is 0 Å². The fraction of sp³-hybridized carbons (Fsp3) is 0.154. The van der Waals surface area contributed by atoms with Gasteiger partial charge in [-0.05, 0) is 65.8 Å². The normalized spacial score (nSPS) is 17.0. The van der Waals surface area contributed by atoms with Crippen LogP contribution in [0.25, 0.3) is 10.8 Å². The van der Waals surface area contributed by atoms with E-state index >= 15 is 0 Å². The Morgan fingerprint density at radius 1 is 0.938 bits per heavy atom. The number of nitrogens with one attached hydrogen (secondary N) is 2. The highest BCUT2D eigenvalue weighted by atomic mass is 16.2. The largest absolute Gasteiger partial charge is 0.346 e. The second kappa shape index (κ2) is 8.59. The zero-order chi connectivity index (χ0) is 21.9. The first-order valence-electron chi connectivity index (χ1n) is 10.6. The van der Waals surface area contributed by atoms with Gasteiger partial charge in [0.1, 0.15) is 0 Å². The van der Waals surface area contributed by atoms with Crippen LogP contribution in [0.4, 0.5) is 5.69 Å². The molecule has 2 aromatic heterocycles. The van der Waals surface area contributed by atoms with Crippen LogP contribution in [-0.2, 0) is 11.3 Å². The van der Waals surface area contributed by atoms with Crippen LogP contribution in [0.5, 0.6) is 0 Å². The van der Waals surface area contributed by atoms with Gasteiger partial charge < -0.3 is 10.6 Å². The van der Waals surface area contributed by atoms with E-state index in [0.717, 1.165) is 34.1 Å². The second-order valence-electron chi connectivity index (χ2n) is 8.00. The highest BCUT2D eigenvalue weighted by molar-refractivity contribution is 5.97. The monoisotopic (exact) mass is 422 g/mol. The third-order valence-corrected chi connectivity index (χ3v) is 5.79. The van der Waals surface area contributed by atoms with Gasteiger partial charge in [0, 0.05) is 41.1 Å². The predicted molar refractivity (Wildman–Crippen MR) is 123 cm³/mol. The van der Waals surface area contributed by atoms with Crippen molar-refractivity contribution in [2.24, 2.45) is 5.92 Å². The molecule has 2 aromatic carbocycles. The average molecular weight is 422 g/mol. The molecular weight excluding hydrogens is 400 g/mol. The van der Waals surface area contributed by atoms with Crippen molar-refractivity contribution >= 4 is 28.3 Å². The molecule has 0 saturated heterocycles. The molecule has 0 unspecified atom stereocenters. The van der Waals surface area contributed by atoms with E-state index in [1.165, 1.54) is 0 Å². The standard InChI is InChI=1S/C26H22N4O2/c31-25(29-16-22-3-1-2-11-28-22)18-6-4-17(5-7-18)23-14-24(23)26(32)30-21-9-8-20-15-27-12-10-19(20)13-21/h1-13,15,23-24H,14,16H2,(H,29,31)(H,30,32)/t23-,24+/m1/s1. The summed E-state index contributed by atoms with van der Waals surface area (Å²) < 4.78 is 0. The molecule has 0 aliphatic heterocycles. The number of carbonyl (C=O) groups is 2. The highest BCUT2D eigenvalue weighted by Gasteiger charge is 2.43. The van der Waals surface area contributed by atoms with Crippen molar-refractivity contribution in [2.75, 3.05) is 5.32 Å². The summed E-state index contributed by atoms with van der Waals surface area (Å²) in [6.07, 6.45) is 6.07. The number of nitrogens with zero attached hydrogens (tertiary/aromatic N) is 2. The summed E-state index contributed by atoms with van der Waals surface area (Å²) in [6, 6.07) is 20.9. The summed E-state index contributed by atoms with van der Waals surface area (Å²) in [5, 5.41) is 7.99. The van der Waals surface area contributed by atoms with E-state index < -0.39 is 0 Å². The van der Waals surface area contributed by atoms with Crippen molar-refractivity contribution < 1.29 is 9.59 Å². The number of pyridine rings is 2. The van der Waals surface area contributed by atoms with Gasteiger partial charge in [-0.25, -0.2) is 0 Å². The zero-order valence-electron chi connectivity index (χ0n) is 17.4. The third kappa shape index (κ3) is 4.34. The molecule has 5 rings (SSSR count). The van der Waals surface area contributed by atoms with Crippen LogP contribution >= 0.6 is 0 Å². The molecule has 2 heterocycles. The van der Waals surface area contributed by atoms with E-state index in [-0.39, 0.29) is 23.7 Å². The van der Waals surface area contributed by atoms with Gasteiger partial charge in [0.05, 0.1) is 12.2 Å². The highest BCUT2D eigenvalue weighted by Crippen LogP contribution is 2.48. The molecule has 0 radical (unpaired) electrons. The second-order valence-corrected chi connectivity index (χ2v) is 8.00. The minimum Gasteiger partial charge on any atom is -0.346 e. The number of benzene rings is 2. The van der Waals surface area contributed by atoms with E-state index in [9.17, 15) is 9.59 Å². The lowest BCUT2D eigenvalue weighted by Crippen LogP contribution is -2.23. The summed E-state index contributed by atoms with van der Waals surface area (Å²) >= 11 is 0. The van der Waals surface area contributed by atoms with Gasteiger partial charge in [0.15, 0.2) is 0 Å². The van der Waals surface area contributed by atoms with E-state index in [1.54, 1.807) is 18.6 Å². The lowest BCUT2D eigenvalue weighted by molar-refractivity contribution is -0.117. The van der Waals surface area contributed by atoms with Crippen LogP contribution in [0.2, 0.25) is 0 Å². The topological polar surface area (TPSA) is 84.0 Å². The number of fused-ring (bicyclic) bond motifs is 1. The Kier molecular flexibility index (Phi) is 5.34. The fourth-order valence-corrected chi connectivity index (χ4v) is 3.91. The summed E-state index contributed by atoms with van der Waals surface area (Å²) in [4.78, 5) is 33.4. The van der Waals surface area contributed by atoms with Crippen LogP contribution in [-0.4, -0.2) is 21.8 Å². The van der Waals surface area contributed by atoms with Crippen LogP contribution in [0.15, 0.2) is 85.3 Å². The maximum absolute atomic E-state index is 12.7. The van der Waals surface area contributed by atoms with E-state index in [0.29, 0.717) is 12.1 Å². The van der Waals surface area contributed by atoms with E-state index in [4.69, 9.17) is 0 Å². The summed E-state index contributed by atoms with van der Waals surface area (Å²) in [6.45, 7) is 0.386. The van der Waals surface area contributed by atoms with Crippen LogP contribution in [0.3, 0.4) is 0 Å². The first-order valence-corrected chi connectivity index (χ1v) is 10.6. The SMILES string of the molecule is O=C(NCc1ccccn1)c1ccc([C@H]2C[C@@H]2C(=O)Nc2ccc3cnccc3c2)cc1. The van der Waals surface area contributed by atoms with Crippen molar-refractivity contribution in [3.8, 4) is 0 Å². The van der Waals surface area contributed by atoms with Crippen LogP contribution < -0.4 is 10.6 Å². The van der Waals surface area contributed by atoms with Crippen molar-refractivity contribution in [2.45, 2.75) is 18.9 Å². The van der Waals surface area contributed by atoms with Gasteiger partial charge in [0.2, 0.25) is 5.91 Å². The van der Waals surface area contributed by atoms with Crippen LogP contribution in [0.1, 0.15) is 34.0 Å². The number of carbonyl (C=O) groups excluding carboxylic acids is 2. The Morgan fingerprint density at radius 2 is 1.81 bits per heavy atom. The Balaban J connectivity index is 1.17. The van der Waals surface area contributed by atoms with Gasteiger partial charge in [-0.15, -0.1) is 0 Å².